The summed E-state index contributed by atoms with van der Waals surface area (Å²) in [5.74, 6) is 1.27. The van der Waals surface area contributed by atoms with Gasteiger partial charge >= 0.3 is 0 Å². The van der Waals surface area contributed by atoms with Gasteiger partial charge in [-0.05, 0) is 23.5 Å². The molecule has 0 fully saturated rings. The van der Waals surface area contributed by atoms with Crippen LogP contribution in [0.5, 0.6) is 0 Å². The van der Waals surface area contributed by atoms with Gasteiger partial charge in [0.25, 0.3) is 0 Å². The first-order valence-electron chi connectivity index (χ1n) is 5.07. The summed E-state index contributed by atoms with van der Waals surface area (Å²) in [4.78, 5) is 0. The quantitative estimate of drug-likeness (QED) is 0.642. The molecule has 0 amide bonds. The van der Waals surface area contributed by atoms with Gasteiger partial charge in [-0.1, -0.05) is 50.3 Å². The number of allylic oxidation sites excluding steroid dienone is 1. The average molecular weight is 209 g/mol. The second-order valence-electron chi connectivity index (χ2n) is 3.66. The fraction of sp³-hybridized carbons (Fsp3) is 0.385. The molecule has 0 heterocycles. The van der Waals surface area contributed by atoms with Gasteiger partial charge in [-0.2, -0.15) is 0 Å². The van der Waals surface area contributed by atoms with E-state index < -0.39 is 0 Å². The van der Waals surface area contributed by atoms with Gasteiger partial charge in [-0.25, -0.2) is 0 Å². The Morgan fingerprint density at radius 2 is 2.00 bits per heavy atom. The number of halogens is 1. The summed E-state index contributed by atoms with van der Waals surface area (Å²) in [7, 11) is 0. The van der Waals surface area contributed by atoms with Crippen molar-refractivity contribution in [3.8, 4) is 0 Å². The minimum absolute atomic E-state index is 0.576. The zero-order chi connectivity index (χ0) is 10.4. The van der Waals surface area contributed by atoms with Crippen LogP contribution in [0.1, 0.15) is 37.3 Å². The van der Waals surface area contributed by atoms with Crippen molar-refractivity contribution in [2.45, 2.75) is 26.2 Å². The van der Waals surface area contributed by atoms with Crippen LogP contribution in [0.2, 0.25) is 0 Å². The minimum Gasteiger partial charge on any atom is -0.126 e. The van der Waals surface area contributed by atoms with E-state index in [0.717, 1.165) is 6.42 Å². The SMILES string of the molecule is CC(C)c1ccccc1C=CCCCl. The van der Waals surface area contributed by atoms with E-state index in [1.54, 1.807) is 0 Å². The molecular formula is C13H17Cl. The van der Waals surface area contributed by atoms with Gasteiger partial charge in [0.15, 0.2) is 0 Å². The summed E-state index contributed by atoms with van der Waals surface area (Å²) in [6, 6.07) is 8.51. The van der Waals surface area contributed by atoms with Crippen molar-refractivity contribution >= 4 is 17.7 Å². The molecule has 1 heteroatoms. The van der Waals surface area contributed by atoms with Gasteiger partial charge in [-0.3, -0.25) is 0 Å². The largest absolute Gasteiger partial charge is 0.126 e. The molecule has 0 N–H and O–H groups in total. The molecule has 0 aliphatic heterocycles. The van der Waals surface area contributed by atoms with Crippen LogP contribution >= 0.6 is 11.6 Å². The van der Waals surface area contributed by atoms with Crippen LogP contribution in [0, 0.1) is 0 Å². The molecule has 0 saturated carbocycles. The molecule has 0 saturated heterocycles. The van der Waals surface area contributed by atoms with E-state index in [1.807, 2.05) is 0 Å². The molecule has 1 aromatic rings. The molecule has 0 bridgehead atoms. The number of benzene rings is 1. The highest BCUT2D eigenvalue weighted by Crippen LogP contribution is 2.20. The lowest BCUT2D eigenvalue weighted by atomic mass is 9.97. The lowest BCUT2D eigenvalue weighted by molar-refractivity contribution is 0.864. The summed E-state index contributed by atoms with van der Waals surface area (Å²) in [6.45, 7) is 4.43. The summed E-state index contributed by atoms with van der Waals surface area (Å²) < 4.78 is 0. The lowest BCUT2D eigenvalue weighted by Crippen LogP contribution is -1.90. The Labute approximate surface area is 91.6 Å². The normalized spacial score (nSPS) is 11.4. The Kier molecular flexibility index (Phi) is 4.75. The molecule has 0 spiro atoms. The zero-order valence-electron chi connectivity index (χ0n) is 8.83. The fourth-order valence-electron chi connectivity index (χ4n) is 1.46. The molecule has 14 heavy (non-hydrogen) atoms. The van der Waals surface area contributed by atoms with E-state index in [-0.39, 0.29) is 0 Å². The first-order chi connectivity index (χ1) is 6.75. The Bertz CT molecular complexity index is 300. The van der Waals surface area contributed by atoms with Crippen LogP contribution in [-0.2, 0) is 0 Å². The van der Waals surface area contributed by atoms with Crippen LogP contribution in [0.4, 0.5) is 0 Å². The van der Waals surface area contributed by atoms with Gasteiger partial charge in [0, 0.05) is 5.88 Å². The first kappa shape index (κ1) is 11.3. The highest BCUT2D eigenvalue weighted by molar-refractivity contribution is 6.17. The monoisotopic (exact) mass is 208 g/mol. The van der Waals surface area contributed by atoms with E-state index in [4.69, 9.17) is 11.6 Å². The third-order valence-corrected chi connectivity index (χ3v) is 2.41. The Hall–Kier alpha value is -0.750. The van der Waals surface area contributed by atoms with Crippen LogP contribution in [0.15, 0.2) is 30.3 Å². The molecule has 76 valence electrons. The van der Waals surface area contributed by atoms with Gasteiger partial charge < -0.3 is 0 Å². The van der Waals surface area contributed by atoms with E-state index in [0.29, 0.717) is 11.8 Å². The molecule has 0 nitrogen and oxygen atoms in total. The van der Waals surface area contributed by atoms with Crippen molar-refractivity contribution in [1.82, 2.24) is 0 Å². The van der Waals surface area contributed by atoms with Gasteiger partial charge in [-0.15, -0.1) is 11.6 Å². The van der Waals surface area contributed by atoms with Crippen molar-refractivity contribution in [2.24, 2.45) is 0 Å². The Balaban J connectivity index is 2.84. The van der Waals surface area contributed by atoms with E-state index in [1.165, 1.54) is 11.1 Å². The maximum atomic E-state index is 5.62. The van der Waals surface area contributed by atoms with Crippen molar-refractivity contribution in [1.29, 1.82) is 0 Å². The number of hydrogen-bond acceptors (Lipinski definition) is 0. The van der Waals surface area contributed by atoms with Crippen LogP contribution in [0.25, 0.3) is 6.08 Å². The van der Waals surface area contributed by atoms with E-state index in [2.05, 4.69) is 50.3 Å². The Morgan fingerprint density at radius 3 is 2.64 bits per heavy atom. The highest BCUT2D eigenvalue weighted by Gasteiger charge is 2.01. The van der Waals surface area contributed by atoms with Crippen LogP contribution in [-0.4, -0.2) is 5.88 Å². The van der Waals surface area contributed by atoms with Crippen molar-refractivity contribution < 1.29 is 0 Å². The number of alkyl halides is 1. The Morgan fingerprint density at radius 1 is 1.29 bits per heavy atom. The molecule has 0 aliphatic carbocycles. The lowest BCUT2D eigenvalue weighted by Gasteiger charge is -2.08. The third kappa shape index (κ3) is 3.19. The summed E-state index contributed by atoms with van der Waals surface area (Å²) in [5, 5.41) is 0. The fourth-order valence-corrected chi connectivity index (χ4v) is 1.59. The standard InChI is InChI=1S/C13H17Cl/c1-11(2)13-9-4-3-7-12(13)8-5-6-10-14/h3-5,7-9,11H,6,10H2,1-2H3. The summed E-state index contributed by atoms with van der Waals surface area (Å²) in [6.07, 6.45) is 5.24. The maximum Gasteiger partial charge on any atom is 0.0258 e. The van der Waals surface area contributed by atoms with Crippen molar-refractivity contribution in [2.75, 3.05) is 5.88 Å². The average Bonchev–Trinajstić information content (AvgIpc) is 2.19. The molecule has 0 aliphatic rings. The molecular weight excluding hydrogens is 192 g/mol. The van der Waals surface area contributed by atoms with Crippen LogP contribution < -0.4 is 0 Å². The zero-order valence-corrected chi connectivity index (χ0v) is 9.59. The van der Waals surface area contributed by atoms with E-state index in [9.17, 15) is 0 Å². The van der Waals surface area contributed by atoms with Crippen molar-refractivity contribution in [3.05, 3.63) is 41.5 Å². The van der Waals surface area contributed by atoms with Gasteiger partial charge in [0.1, 0.15) is 0 Å². The molecule has 0 radical (unpaired) electrons. The predicted octanol–water partition coefficient (Wildman–Crippen LogP) is 4.45. The molecule has 1 aromatic carbocycles. The van der Waals surface area contributed by atoms with Crippen LogP contribution in [0.3, 0.4) is 0 Å². The molecule has 1 rings (SSSR count). The summed E-state index contributed by atoms with van der Waals surface area (Å²) >= 11 is 5.62. The second-order valence-corrected chi connectivity index (χ2v) is 4.04. The van der Waals surface area contributed by atoms with Gasteiger partial charge in [0.2, 0.25) is 0 Å². The first-order valence-corrected chi connectivity index (χ1v) is 5.60. The smallest absolute Gasteiger partial charge is 0.0258 e. The molecule has 0 atom stereocenters. The number of rotatable bonds is 4. The number of hydrogen-bond donors (Lipinski definition) is 0. The van der Waals surface area contributed by atoms with E-state index >= 15 is 0 Å². The summed E-state index contributed by atoms with van der Waals surface area (Å²) in [5.41, 5.74) is 2.71. The topological polar surface area (TPSA) is 0 Å². The van der Waals surface area contributed by atoms with Gasteiger partial charge in [0.05, 0.1) is 0 Å². The molecule has 0 unspecified atom stereocenters. The predicted molar refractivity (Wildman–Crippen MR) is 64.9 cm³/mol. The van der Waals surface area contributed by atoms with Crippen molar-refractivity contribution in [3.63, 3.8) is 0 Å². The highest BCUT2D eigenvalue weighted by atomic mass is 35.5. The third-order valence-electron chi connectivity index (χ3n) is 2.19. The second kappa shape index (κ2) is 5.87. The molecule has 0 aromatic heterocycles. The minimum atomic E-state index is 0.576. The maximum absolute atomic E-state index is 5.62.